The van der Waals surface area contributed by atoms with E-state index in [1.165, 1.54) is 6.07 Å². The van der Waals surface area contributed by atoms with Crippen molar-refractivity contribution in [1.82, 2.24) is 4.98 Å². The molecule has 0 saturated heterocycles. The zero-order valence-corrected chi connectivity index (χ0v) is 11.7. The fourth-order valence-electron chi connectivity index (χ4n) is 2.00. The molecule has 1 aromatic carbocycles. The first-order valence-corrected chi connectivity index (χ1v) is 6.65. The van der Waals surface area contributed by atoms with Gasteiger partial charge in [-0.1, -0.05) is 18.2 Å². The summed E-state index contributed by atoms with van der Waals surface area (Å²) in [6.07, 6.45) is 1.72. The number of anilines is 1. The monoisotopic (exact) mass is 278 g/mol. The maximum atomic E-state index is 13.8. The molecule has 2 rings (SSSR count). The van der Waals surface area contributed by atoms with Gasteiger partial charge in [0.15, 0.2) is 0 Å². The maximum Gasteiger partial charge on any atom is 0.128 e. The highest BCUT2D eigenvalue weighted by Gasteiger charge is 2.16. The minimum absolute atomic E-state index is 0.0632. The zero-order valence-electron chi connectivity index (χ0n) is 11.0. The predicted molar refractivity (Wildman–Crippen MR) is 77.0 cm³/mol. The average Bonchev–Trinajstić information content (AvgIpc) is 2.46. The molecule has 100 valence electrons. The van der Waals surface area contributed by atoms with Crippen molar-refractivity contribution in [2.45, 2.75) is 18.8 Å². The Morgan fingerprint density at radius 3 is 2.74 bits per heavy atom. The molecule has 1 heterocycles. The Balaban J connectivity index is 2.28. The normalized spacial score (nSPS) is 12.2. The van der Waals surface area contributed by atoms with Crippen LogP contribution in [0.1, 0.15) is 24.2 Å². The summed E-state index contributed by atoms with van der Waals surface area (Å²) >= 11 is 5.78. The highest BCUT2D eigenvalue weighted by Crippen LogP contribution is 2.27. The second kappa shape index (κ2) is 6.02. The summed E-state index contributed by atoms with van der Waals surface area (Å²) in [6.45, 7) is 1.97. The van der Waals surface area contributed by atoms with Gasteiger partial charge in [-0.05, 0) is 25.1 Å². The van der Waals surface area contributed by atoms with Crippen LogP contribution >= 0.6 is 11.6 Å². The van der Waals surface area contributed by atoms with E-state index in [2.05, 4.69) is 4.98 Å². The topological polar surface area (TPSA) is 16.1 Å². The van der Waals surface area contributed by atoms with Crippen molar-refractivity contribution in [3.8, 4) is 0 Å². The zero-order chi connectivity index (χ0) is 13.8. The molecule has 1 unspecified atom stereocenters. The van der Waals surface area contributed by atoms with E-state index in [-0.39, 0.29) is 11.9 Å². The average molecular weight is 279 g/mol. The van der Waals surface area contributed by atoms with Gasteiger partial charge in [0, 0.05) is 24.5 Å². The Kier molecular flexibility index (Phi) is 4.38. The summed E-state index contributed by atoms with van der Waals surface area (Å²) in [5.74, 6) is 0.184. The van der Waals surface area contributed by atoms with Gasteiger partial charge in [0.05, 0.1) is 17.6 Å². The Bertz CT molecular complexity index is 559. The number of benzene rings is 1. The number of hydrogen-bond acceptors (Lipinski definition) is 2. The van der Waals surface area contributed by atoms with Crippen molar-refractivity contribution in [3.05, 3.63) is 59.7 Å². The standard InChI is InChI=1S/C15H16ClFN2/c1-11(14-5-3-4-6-15(14)17)19(2)13-7-8-18-12(9-13)10-16/h3-9,11H,10H2,1-2H3. The molecule has 19 heavy (non-hydrogen) atoms. The lowest BCUT2D eigenvalue weighted by atomic mass is 10.1. The molecule has 0 bridgehead atoms. The molecule has 0 N–H and O–H groups in total. The number of nitrogens with zero attached hydrogens (tertiary/aromatic N) is 2. The lowest BCUT2D eigenvalue weighted by molar-refractivity contribution is 0.585. The molecule has 1 aromatic heterocycles. The Morgan fingerprint density at radius 1 is 1.32 bits per heavy atom. The van der Waals surface area contributed by atoms with Gasteiger partial charge in [-0.25, -0.2) is 4.39 Å². The Hall–Kier alpha value is -1.61. The first-order valence-electron chi connectivity index (χ1n) is 6.11. The lowest BCUT2D eigenvalue weighted by Crippen LogP contribution is -2.22. The van der Waals surface area contributed by atoms with Gasteiger partial charge >= 0.3 is 0 Å². The van der Waals surface area contributed by atoms with Crippen molar-refractivity contribution in [3.63, 3.8) is 0 Å². The van der Waals surface area contributed by atoms with Crippen molar-refractivity contribution in [2.75, 3.05) is 11.9 Å². The number of alkyl halides is 1. The molecule has 0 radical (unpaired) electrons. The van der Waals surface area contributed by atoms with E-state index in [1.54, 1.807) is 18.3 Å². The first-order chi connectivity index (χ1) is 9.13. The molecule has 0 saturated carbocycles. The first kappa shape index (κ1) is 13.8. The van der Waals surface area contributed by atoms with Crippen molar-refractivity contribution in [1.29, 1.82) is 0 Å². The fourth-order valence-corrected chi connectivity index (χ4v) is 2.15. The summed E-state index contributed by atoms with van der Waals surface area (Å²) in [6, 6.07) is 10.6. The molecule has 0 aliphatic carbocycles. The molecule has 0 fully saturated rings. The van der Waals surface area contributed by atoms with Gasteiger partial charge in [-0.3, -0.25) is 4.98 Å². The van der Waals surface area contributed by atoms with Crippen molar-refractivity contribution < 1.29 is 4.39 Å². The van der Waals surface area contributed by atoms with E-state index in [0.29, 0.717) is 11.4 Å². The van der Waals surface area contributed by atoms with Gasteiger partial charge in [0.2, 0.25) is 0 Å². The van der Waals surface area contributed by atoms with Crippen LogP contribution in [0.25, 0.3) is 0 Å². The summed E-state index contributed by atoms with van der Waals surface area (Å²) in [5, 5.41) is 0. The second-order valence-corrected chi connectivity index (χ2v) is 4.71. The van der Waals surface area contributed by atoms with E-state index >= 15 is 0 Å². The third kappa shape index (κ3) is 3.04. The van der Waals surface area contributed by atoms with Crippen LogP contribution < -0.4 is 4.90 Å². The summed E-state index contributed by atoms with van der Waals surface area (Å²) in [7, 11) is 1.93. The number of rotatable bonds is 4. The van der Waals surface area contributed by atoms with Crippen LogP contribution in [0.2, 0.25) is 0 Å². The van der Waals surface area contributed by atoms with Crippen LogP contribution in [0, 0.1) is 5.82 Å². The highest BCUT2D eigenvalue weighted by molar-refractivity contribution is 6.16. The molecule has 4 heteroatoms. The molecular weight excluding hydrogens is 263 g/mol. The number of hydrogen-bond donors (Lipinski definition) is 0. The van der Waals surface area contributed by atoms with Crippen LogP contribution in [-0.2, 0) is 5.88 Å². The van der Waals surface area contributed by atoms with Gasteiger partial charge < -0.3 is 4.90 Å². The second-order valence-electron chi connectivity index (χ2n) is 4.45. The van der Waals surface area contributed by atoms with Gasteiger partial charge in [0.1, 0.15) is 5.82 Å². The molecule has 0 amide bonds. The molecule has 1 atom stereocenters. The Labute approximate surface area is 117 Å². The van der Waals surface area contributed by atoms with E-state index in [9.17, 15) is 4.39 Å². The van der Waals surface area contributed by atoms with Crippen molar-refractivity contribution in [2.24, 2.45) is 0 Å². The minimum atomic E-state index is -0.187. The van der Waals surface area contributed by atoms with Crippen LogP contribution in [0.15, 0.2) is 42.6 Å². The van der Waals surface area contributed by atoms with E-state index < -0.39 is 0 Å². The molecular formula is C15H16ClFN2. The third-order valence-electron chi connectivity index (χ3n) is 3.28. The maximum absolute atomic E-state index is 13.8. The largest absolute Gasteiger partial charge is 0.368 e. The smallest absolute Gasteiger partial charge is 0.128 e. The molecule has 0 aliphatic rings. The lowest BCUT2D eigenvalue weighted by Gasteiger charge is -2.27. The highest BCUT2D eigenvalue weighted by atomic mass is 35.5. The number of aromatic nitrogens is 1. The van der Waals surface area contributed by atoms with Crippen LogP contribution in [0.4, 0.5) is 10.1 Å². The number of halogens is 2. The summed E-state index contributed by atoms with van der Waals surface area (Å²) in [4.78, 5) is 6.17. The van der Waals surface area contributed by atoms with Crippen LogP contribution in [0.5, 0.6) is 0 Å². The van der Waals surface area contributed by atoms with Crippen molar-refractivity contribution >= 4 is 17.3 Å². The van der Waals surface area contributed by atoms with E-state index in [1.807, 2.05) is 37.1 Å². The molecule has 2 nitrogen and oxygen atoms in total. The summed E-state index contributed by atoms with van der Waals surface area (Å²) < 4.78 is 13.8. The van der Waals surface area contributed by atoms with E-state index in [4.69, 9.17) is 11.6 Å². The predicted octanol–water partition coefficient (Wildman–Crippen LogP) is 4.16. The summed E-state index contributed by atoms with van der Waals surface area (Å²) in [5.41, 5.74) is 2.46. The number of pyridine rings is 1. The van der Waals surface area contributed by atoms with E-state index in [0.717, 1.165) is 11.4 Å². The third-order valence-corrected chi connectivity index (χ3v) is 3.55. The van der Waals surface area contributed by atoms with Gasteiger partial charge in [-0.2, -0.15) is 0 Å². The molecule has 2 aromatic rings. The molecule has 0 spiro atoms. The quantitative estimate of drug-likeness (QED) is 0.781. The fraction of sp³-hybridized carbons (Fsp3) is 0.267. The van der Waals surface area contributed by atoms with Crippen LogP contribution in [0.3, 0.4) is 0 Å². The van der Waals surface area contributed by atoms with Crippen LogP contribution in [-0.4, -0.2) is 12.0 Å². The minimum Gasteiger partial charge on any atom is -0.368 e. The SMILES string of the molecule is CC(c1ccccc1F)N(C)c1ccnc(CCl)c1. The Morgan fingerprint density at radius 2 is 2.05 bits per heavy atom. The molecule has 0 aliphatic heterocycles. The van der Waals surface area contributed by atoms with Gasteiger partial charge in [-0.15, -0.1) is 11.6 Å². The van der Waals surface area contributed by atoms with Gasteiger partial charge in [0.25, 0.3) is 0 Å².